The van der Waals surface area contributed by atoms with Crippen LogP contribution >= 0.6 is 0 Å². The number of nitrogens with one attached hydrogen (secondary N) is 1. The number of hydrogen-bond donors (Lipinski definition) is 1. The molecule has 2 aliphatic heterocycles. The molecular weight excluding hydrogens is 443 g/mol. The van der Waals surface area contributed by atoms with E-state index in [1.54, 1.807) is 0 Å². The molecule has 0 saturated carbocycles. The molecule has 8 heteroatoms. The smallest absolute Gasteiger partial charge is 0.325 e. The summed E-state index contributed by atoms with van der Waals surface area (Å²) in [6.45, 7) is 12.9. The van der Waals surface area contributed by atoms with Crippen LogP contribution in [0.25, 0.3) is 6.08 Å². The number of nitrogens with zero attached hydrogens (tertiary/aromatic N) is 5. The van der Waals surface area contributed by atoms with E-state index >= 15 is 0 Å². The monoisotopic (exact) mass is 476 g/mol. The first-order valence-electron chi connectivity index (χ1n) is 12.2. The predicted molar refractivity (Wildman–Crippen MR) is 139 cm³/mol. The summed E-state index contributed by atoms with van der Waals surface area (Å²) in [6, 6.07) is 5.39. The Morgan fingerprint density at radius 1 is 1.03 bits per heavy atom. The molecule has 1 aromatic heterocycles. The Labute approximate surface area is 206 Å². The minimum atomic E-state index is -0.265. The molecule has 1 N–H and O–H groups in total. The lowest BCUT2D eigenvalue weighted by atomic mass is 9.87. The summed E-state index contributed by atoms with van der Waals surface area (Å²) in [7, 11) is 2.12. The molecule has 184 valence electrons. The van der Waals surface area contributed by atoms with E-state index < -0.39 is 0 Å². The predicted octanol–water partition coefficient (Wildman–Crippen LogP) is 4.92. The molecule has 0 bridgehead atoms. The molecule has 2 aromatic rings. The maximum absolute atomic E-state index is 14.7. The van der Waals surface area contributed by atoms with E-state index in [0.717, 1.165) is 49.0 Å². The zero-order chi connectivity index (χ0) is 24.7. The fourth-order valence-corrected chi connectivity index (χ4v) is 4.51. The number of amidine groups is 1. The molecule has 0 spiro atoms. The van der Waals surface area contributed by atoms with Crippen LogP contribution in [0, 0.1) is 11.2 Å². The van der Waals surface area contributed by atoms with E-state index in [0.29, 0.717) is 30.1 Å². The number of piperazine rings is 1. The number of ether oxygens (including phenoxy) is 1. The molecule has 1 fully saturated rings. The summed E-state index contributed by atoms with van der Waals surface area (Å²) in [4.78, 5) is 18.4. The summed E-state index contributed by atoms with van der Waals surface area (Å²) in [5.41, 5.74) is 4.02. The summed E-state index contributed by atoms with van der Waals surface area (Å²) in [5, 5.41) is 3.34. The molecule has 0 unspecified atom stereocenters. The van der Waals surface area contributed by atoms with Crippen LogP contribution < -0.4 is 15.0 Å². The molecule has 35 heavy (non-hydrogen) atoms. The van der Waals surface area contributed by atoms with Gasteiger partial charge in [0.1, 0.15) is 29.0 Å². The van der Waals surface area contributed by atoms with Crippen molar-refractivity contribution < 1.29 is 9.13 Å². The first kappa shape index (κ1) is 23.5. The summed E-state index contributed by atoms with van der Waals surface area (Å²) in [6.07, 6.45) is 4.72. The molecule has 1 aliphatic carbocycles. The van der Waals surface area contributed by atoms with Gasteiger partial charge in [0.2, 0.25) is 0 Å². The molecule has 1 saturated heterocycles. The number of likely N-dealkylation sites (N-methyl/N-ethyl adjacent to an activating group) is 1. The standard InChI is InChI=1S/C27H33FN6O/c1-17-10-18-12-20(14-22(28)21(18)11-17)35-26-31-24(30-23-13-19(16-29-23)27(2,3)4)15-25(32-26)34-8-6-33(5)7-9-34/h10,12-15H,6-9,11,16H2,1-5H3,(H,29,30,31,32). The number of aromatic nitrogens is 2. The lowest BCUT2D eigenvalue weighted by molar-refractivity contribution is 0.311. The second-order valence-electron chi connectivity index (χ2n) is 10.7. The van der Waals surface area contributed by atoms with Gasteiger partial charge in [-0.05, 0) is 54.6 Å². The lowest BCUT2D eigenvalue weighted by Gasteiger charge is -2.33. The quantitative estimate of drug-likeness (QED) is 0.676. The Morgan fingerprint density at radius 3 is 2.51 bits per heavy atom. The number of benzene rings is 1. The van der Waals surface area contributed by atoms with E-state index in [4.69, 9.17) is 4.74 Å². The second-order valence-corrected chi connectivity index (χ2v) is 10.7. The molecule has 0 atom stereocenters. The van der Waals surface area contributed by atoms with Crippen molar-refractivity contribution in [2.45, 2.75) is 34.1 Å². The number of fused-ring (bicyclic) bond motifs is 1. The molecular formula is C27H33FN6O. The van der Waals surface area contributed by atoms with Gasteiger partial charge in [0.05, 0.1) is 6.54 Å². The SMILES string of the molecule is CC1=Cc2cc(Oc3nc(NC4=NCC(C(C)(C)C)=C4)cc(N4CCN(C)CC4)n3)cc(F)c2C1. The zero-order valence-electron chi connectivity index (χ0n) is 21.2. The van der Waals surface area contributed by atoms with Gasteiger partial charge in [-0.2, -0.15) is 9.97 Å². The van der Waals surface area contributed by atoms with Crippen LogP contribution in [-0.2, 0) is 6.42 Å². The van der Waals surface area contributed by atoms with E-state index in [1.165, 1.54) is 11.6 Å². The number of aliphatic imine (C=N–C) groups is 1. The third kappa shape index (κ3) is 5.22. The van der Waals surface area contributed by atoms with Crippen LogP contribution in [0.1, 0.15) is 38.8 Å². The van der Waals surface area contributed by atoms with Gasteiger partial charge in [0, 0.05) is 38.3 Å². The molecule has 5 rings (SSSR count). The molecule has 0 amide bonds. The van der Waals surface area contributed by atoms with Gasteiger partial charge >= 0.3 is 6.01 Å². The molecule has 3 aliphatic rings. The number of hydrogen-bond acceptors (Lipinski definition) is 7. The van der Waals surface area contributed by atoms with E-state index in [-0.39, 0.29) is 17.2 Å². The van der Waals surface area contributed by atoms with Crippen molar-refractivity contribution in [3.63, 3.8) is 0 Å². The highest BCUT2D eigenvalue weighted by Gasteiger charge is 2.23. The van der Waals surface area contributed by atoms with Crippen LogP contribution in [0.2, 0.25) is 0 Å². The van der Waals surface area contributed by atoms with E-state index in [1.807, 2.05) is 25.1 Å². The highest BCUT2D eigenvalue weighted by atomic mass is 19.1. The van der Waals surface area contributed by atoms with Crippen LogP contribution in [0.5, 0.6) is 11.8 Å². The van der Waals surface area contributed by atoms with Crippen molar-refractivity contribution in [3.8, 4) is 11.8 Å². The van der Waals surface area contributed by atoms with Gasteiger partial charge in [-0.1, -0.05) is 32.4 Å². The lowest BCUT2D eigenvalue weighted by Crippen LogP contribution is -2.44. The second kappa shape index (κ2) is 9.07. The van der Waals surface area contributed by atoms with Gasteiger partial charge in [0.15, 0.2) is 0 Å². The topological polar surface area (TPSA) is 65.9 Å². The third-order valence-electron chi connectivity index (χ3n) is 6.74. The molecule has 0 radical (unpaired) electrons. The van der Waals surface area contributed by atoms with Crippen molar-refractivity contribution in [2.75, 3.05) is 50.0 Å². The average molecular weight is 477 g/mol. The zero-order valence-corrected chi connectivity index (χ0v) is 21.2. The Morgan fingerprint density at radius 2 is 1.80 bits per heavy atom. The van der Waals surface area contributed by atoms with Gasteiger partial charge in [-0.25, -0.2) is 4.39 Å². The van der Waals surface area contributed by atoms with Crippen molar-refractivity contribution in [1.82, 2.24) is 14.9 Å². The third-order valence-corrected chi connectivity index (χ3v) is 6.74. The van der Waals surface area contributed by atoms with Crippen molar-refractivity contribution in [3.05, 3.63) is 52.4 Å². The highest BCUT2D eigenvalue weighted by molar-refractivity contribution is 6.05. The number of allylic oxidation sites excluding steroid dienone is 1. The van der Waals surface area contributed by atoms with E-state index in [9.17, 15) is 4.39 Å². The van der Waals surface area contributed by atoms with Crippen LogP contribution in [-0.4, -0.2) is 60.5 Å². The summed E-state index contributed by atoms with van der Waals surface area (Å²) < 4.78 is 20.7. The minimum absolute atomic E-state index is 0.0578. The van der Waals surface area contributed by atoms with Gasteiger partial charge < -0.3 is 19.9 Å². The van der Waals surface area contributed by atoms with E-state index in [2.05, 4.69) is 64.0 Å². The Kier molecular flexibility index (Phi) is 6.09. The van der Waals surface area contributed by atoms with Crippen LogP contribution in [0.4, 0.5) is 16.0 Å². The average Bonchev–Trinajstić information content (AvgIpc) is 3.40. The molecule has 3 heterocycles. The van der Waals surface area contributed by atoms with Crippen molar-refractivity contribution in [1.29, 1.82) is 0 Å². The Balaban J connectivity index is 1.44. The summed E-state index contributed by atoms with van der Waals surface area (Å²) >= 11 is 0. The molecule has 1 aromatic carbocycles. The van der Waals surface area contributed by atoms with Crippen LogP contribution in [0.15, 0.2) is 40.4 Å². The molecule has 7 nitrogen and oxygen atoms in total. The number of halogens is 1. The summed E-state index contributed by atoms with van der Waals surface area (Å²) in [5.74, 6) is 2.28. The maximum Gasteiger partial charge on any atom is 0.325 e. The fourth-order valence-electron chi connectivity index (χ4n) is 4.51. The normalized spacial score (nSPS) is 18.2. The van der Waals surface area contributed by atoms with Gasteiger partial charge in [-0.3, -0.25) is 4.99 Å². The first-order chi connectivity index (χ1) is 16.6. The Bertz CT molecular complexity index is 1230. The van der Waals surface area contributed by atoms with Gasteiger partial charge in [-0.15, -0.1) is 0 Å². The fraction of sp³-hybridized carbons (Fsp3) is 0.444. The minimum Gasteiger partial charge on any atom is -0.424 e. The number of anilines is 2. The first-order valence-corrected chi connectivity index (χ1v) is 12.2. The highest BCUT2D eigenvalue weighted by Crippen LogP contribution is 2.33. The Hall–Kier alpha value is -3.26. The van der Waals surface area contributed by atoms with Crippen molar-refractivity contribution in [2.24, 2.45) is 10.4 Å². The largest absolute Gasteiger partial charge is 0.424 e. The van der Waals surface area contributed by atoms with Crippen molar-refractivity contribution >= 4 is 23.5 Å². The number of rotatable bonds is 4. The maximum atomic E-state index is 14.7. The van der Waals surface area contributed by atoms with Gasteiger partial charge in [0.25, 0.3) is 0 Å². The van der Waals surface area contributed by atoms with Crippen LogP contribution in [0.3, 0.4) is 0 Å².